The molecule has 28 heavy (non-hydrogen) atoms. The Labute approximate surface area is 167 Å². The Hall–Kier alpha value is -3.14. The molecule has 2 atom stereocenters. The Morgan fingerprint density at radius 1 is 1.14 bits per heavy atom. The van der Waals surface area contributed by atoms with Crippen molar-refractivity contribution < 1.29 is 18.8 Å². The summed E-state index contributed by atoms with van der Waals surface area (Å²) in [7, 11) is 0. The normalized spacial score (nSPS) is 20.6. The number of fused-ring (bicyclic) bond motifs is 1. The minimum Gasteiger partial charge on any atom is -0.324 e. The second-order valence-corrected chi connectivity index (χ2v) is 7.15. The van der Waals surface area contributed by atoms with Crippen molar-refractivity contribution in [3.8, 4) is 0 Å². The third-order valence-electron chi connectivity index (χ3n) is 4.36. The molecule has 2 aliphatic heterocycles. The zero-order valence-electron chi connectivity index (χ0n) is 14.3. The first-order valence-corrected chi connectivity index (χ1v) is 9.09. The Balaban J connectivity index is 1.49. The summed E-state index contributed by atoms with van der Waals surface area (Å²) in [6.07, 6.45) is 0. The van der Waals surface area contributed by atoms with E-state index in [1.165, 1.54) is 23.2 Å². The number of hydrogen-bond donors (Lipinski definition) is 1. The molecule has 10 heteroatoms. The molecule has 1 saturated heterocycles. The van der Waals surface area contributed by atoms with Crippen LogP contribution < -0.4 is 10.2 Å². The highest BCUT2D eigenvalue weighted by Gasteiger charge is 2.55. The Kier molecular flexibility index (Phi) is 4.63. The third-order valence-corrected chi connectivity index (χ3v) is 4.89. The Bertz CT molecular complexity index is 997. The molecule has 1 fully saturated rings. The summed E-state index contributed by atoms with van der Waals surface area (Å²) in [4.78, 5) is 38.5. The number of carbonyl (C=O) groups excluding carboxylic acids is 3. The summed E-state index contributed by atoms with van der Waals surface area (Å²) in [5.74, 6) is -2.17. The first-order chi connectivity index (χ1) is 13.4. The number of imide groups is 1. The predicted molar refractivity (Wildman–Crippen MR) is 101 cm³/mol. The fourth-order valence-electron chi connectivity index (χ4n) is 3.10. The van der Waals surface area contributed by atoms with Crippen LogP contribution in [0.25, 0.3) is 0 Å². The van der Waals surface area contributed by atoms with E-state index in [0.29, 0.717) is 5.69 Å². The number of rotatable bonds is 4. The number of hydrogen-bond acceptors (Lipinski definition) is 6. The van der Waals surface area contributed by atoms with E-state index >= 15 is 0 Å². The van der Waals surface area contributed by atoms with Crippen LogP contribution in [-0.4, -0.2) is 41.4 Å². The van der Waals surface area contributed by atoms with Crippen molar-refractivity contribution in [2.75, 3.05) is 16.8 Å². The van der Waals surface area contributed by atoms with Gasteiger partial charge < -0.3 is 5.32 Å². The van der Waals surface area contributed by atoms with Gasteiger partial charge in [-0.3, -0.25) is 19.4 Å². The monoisotopic (exact) mass is 445 g/mol. The van der Waals surface area contributed by atoms with Crippen LogP contribution in [-0.2, 0) is 14.4 Å². The van der Waals surface area contributed by atoms with Crippen molar-refractivity contribution in [1.29, 1.82) is 0 Å². The van der Waals surface area contributed by atoms with Gasteiger partial charge in [0.05, 0.1) is 5.69 Å². The molecule has 0 spiro atoms. The number of nitrogens with zero attached hydrogens (tertiary/aromatic N) is 4. The van der Waals surface area contributed by atoms with Crippen molar-refractivity contribution in [3.63, 3.8) is 0 Å². The van der Waals surface area contributed by atoms with Crippen LogP contribution in [0.5, 0.6) is 0 Å². The fraction of sp³-hybridized carbons (Fsp3) is 0.167. The second-order valence-electron chi connectivity index (χ2n) is 6.24. The molecule has 3 amide bonds. The minimum absolute atomic E-state index is 0.124. The lowest BCUT2D eigenvalue weighted by Crippen LogP contribution is -2.43. The van der Waals surface area contributed by atoms with Crippen molar-refractivity contribution in [3.05, 3.63) is 58.8 Å². The molecule has 4 rings (SSSR count). The fourth-order valence-corrected chi connectivity index (χ4v) is 3.37. The van der Waals surface area contributed by atoms with Gasteiger partial charge in [-0.2, -0.15) is 5.11 Å². The van der Waals surface area contributed by atoms with Gasteiger partial charge in [-0.15, -0.1) is 0 Å². The molecule has 0 unspecified atom stereocenters. The number of benzene rings is 2. The zero-order chi connectivity index (χ0) is 19.8. The van der Waals surface area contributed by atoms with E-state index in [2.05, 4.69) is 31.6 Å². The van der Waals surface area contributed by atoms with Gasteiger partial charge in [0.25, 0.3) is 11.8 Å². The molecule has 0 aromatic heterocycles. The molecule has 0 aliphatic carbocycles. The number of anilines is 2. The molecule has 8 nitrogen and oxygen atoms in total. The SMILES string of the molecule is O=C(CN1N=N[C@H]2C(=O)N(c3cccc(F)c3)C(=O)[C@@H]21)Nc1ccc(Br)cc1. The maximum absolute atomic E-state index is 13.5. The van der Waals surface area contributed by atoms with Gasteiger partial charge in [0, 0.05) is 10.2 Å². The van der Waals surface area contributed by atoms with Crippen molar-refractivity contribution in [1.82, 2.24) is 5.01 Å². The van der Waals surface area contributed by atoms with E-state index in [1.54, 1.807) is 24.3 Å². The highest BCUT2D eigenvalue weighted by molar-refractivity contribution is 9.10. The predicted octanol–water partition coefficient (Wildman–Crippen LogP) is 2.52. The van der Waals surface area contributed by atoms with Crippen LogP contribution >= 0.6 is 15.9 Å². The standard InChI is InChI=1S/C18H13BrFN5O3/c19-10-4-6-12(7-5-10)21-14(26)9-24-16-15(22-23-24)17(27)25(18(16)28)13-3-1-2-11(20)8-13/h1-8,15-16H,9H2,(H,21,26)/t15-,16-/m1/s1. The second kappa shape index (κ2) is 7.12. The Morgan fingerprint density at radius 3 is 2.61 bits per heavy atom. The smallest absolute Gasteiger partial charge is 0.263 e. The van der Waals surface area contributed by atoms with E-state index in [4.69, 9.17) is 0 Å². The van der Waals surface area contributed by atoms with Gasteiger partial charge in [-0.1, -0.05) is 27.2 Å². The maximum Gasteiger partial charge on any atom is 0.263 e. The summed E-state index contributed by atoms with van der Waals surface area (Å²) < 4.78 is 14.4. The molecule has 2 aromatic rings. The van der Waals surface area contributed by atoms with Crippen LogP contribution in [0.3, 0.4) is 0 Å². The quantitative estimate of drug-likeness (QED) is 0.731. The van der Waals surface area contributed by atoms with Gasteiger partial charge >= 0.3 is 0 Å². The molecule has 2 aromatic carbocycles. The summed E-state index contributed by atoms with van der Waals surface area (Å²) in [6.45, 7) is -0.253. The highest BCUT2D eigenvalue weighted by Crippen LogP contribution is 2.32. The lowest BCUT2D eigenvalue weighted by atomic mass is 10.1. The van der Waals surface area contributed by atoms with Crippen LogP contribution in [0.1, 0.15) is 0 Å². The number of carbonyl (C=O) groups is 3. The van der Waals surface area contributed by atoms with E-state index in [-0.39, 0.29) is 12.2 Å². The molecule has 0 saturated carbocycles. The Morgan fingerprint density at radius 2 is 1.89 bits per heavy atom. The average Bonchev–Trinajstić information content (AvgIpc) is 3.17. The van der Waals surface area contributed by atoms with Crippen LogP contribution in [0, 0.1) is 5.82 Å². The maximum atomic E-state index is 13.5. The van der Waals surface area contributed by atoms with Gasteiger partial charge in [-0.25, -0.2) is 9.29 Å². The van der Waals surface area contributed by atoms with Crippen LogP contribution in [0.4, 0.5) is 15.8 Å². The van der Waals surface area contributed by atoms with E-state index in [1.807, 2.05) is 0 Å². The van der Waals surface area contributed by atoms with Gasteiger partial charge in [-0.05, 0) is 42.5 Å². The van der Waals surface area contributed by atoms with Crippen LogP contribution in [0.15, 0.2) is 63.3 Å². The first kappa shape index (κ1) is 18.2. The number of amides is 3. The molecular weight excluding hydrogens is 433 g/mol. The molecule has 2 aliphatic rings. The molecule has 142 valence electrons. The third kappa shape index (κ3) is 3.26. The van der Waals surface area contributed by atoms with Gasteiger partial charge in [0.2, 0.25) is 5.91 Å². The molecular formula is C18H13BrFN5O3. The summed E-state index contributed by atoms with van der Waals surface area (Å²) >= 11 is 3.31. The van der Waals surface area contributed by atoms with E-state index in [9.17, 15) is 18.8 Å². The molecule has 2 heterocycles. The number of nitrogens with one attached hydrogen (secondary N) is 1. The van der Waals surface area contributed by atoms with Crippen molar-refractivity contribution in [2.24, 2.45) is 10.3 Å². The lowest BCUT2D eigenvalue weighted by Gasteiger charge is -2.20. The van der Waals surface area contributed by atoms with Crippen LogP contribution in [0.2, 0.25) is 0 Å². The van der Waals surface area contributed by atoms with E-state index < -0.39 is 35.6 Å². The highest BCUT2D eigenvalue weighted by atomic mass is 79.9. The minimum atomic E-state index is -1.05. The van der Waals surface area contributed by atoms with E-state index in [0.717, 1.165) is 15.4 Å². The van der Waals surface area contributed by atoms with Gasteiger partial charge in [0.1, 0.15) is 12.4 Å². The number of halogens is 2. The van der Waals surface area contributed by atoms with Crippen molar-refractivity contribution >= 4 is 45.0 Å². The summed E-state index contributed by atoms with van der Waals surface area (Å²) in [5.41, 5.74) is 0.704. The van der Waals surface area contributed by atoms with Gasteiger partial charge in [0.15, 0.2) is 12.1 Å². The average molecular weight is 446 g/mol. The topological polar surface area (TPSA) is 94.4 Å². The lowest BCUT2D eigenvalue weighted by molar-refractivity contribution is -0.123. The molecule has 0 radical (unpaired) electrons. The largest absolute Gasteiger partial charge is 0.324 e. The summed E-state index contributed by atoms with van der Waals surface area (Å²) in [6, 6.07) is 10.1. The summed E-state index contributed by atoms with van der Waals surface area (Å²) in [5, 5.41) is 11.5. The van der Waals surface area contributed by atoms with Crippen molar-refractivity contribution in [2.45, 2.75) is 12.1 Å². The molecule has 1 N–H and O–H groups in total. The zero-order valence-corrected chi connectivity index (χ0v) is 15.8. The molecule has 0 bridgehead atoms. The first-order valence-electron chi connectivity index (χ1n) is 8.30.